The van der Waals surface area contributed by atoms with Crippen molar-refractivity contribution in [3.63, 3.8) is 0 Å². The molecule has 2 aromatic carbocycles. The minimum atomic E-state index is -0.0978. The first-order chi connectivity index (χ1) is 15.7. The monoisotopic (exact) mass is 448 g/mol. The van der Waals surface area contributed by atoms with Crippen molar-refractivity contribution in [3.8, 4) is 11.4 Å². The molecule has 4 aromatic rings. The Morgan fingerprint density at radius 3 is 2.88 bits per heavy atom. The van der Waals surface area contributed by atoms with Crippen molar-refractivity contribution in [2.24, 2.45) is 0 Å². The van der Waals surface area contributed by atoms with Gasteiger partial charge in [-0.3, -0.25) is 9.36 Å². The first kappa shape index (κ1) is 20.6. The molecule has 1 N–H and O–H groups in total. The first-order valence-electron chi connectivity index (χ1n) is 10.7. The fourth-order valence-corrected chi connectivity index (χ4v) is 4.73. The first-order valence-corrected chi connectivity index (χ1v) is 11.7. The highest BCUT2D eigenvalue weighted by molar-refractivity contribution is 7.99. The number of ether oxygens (including phenoxy) is 1. The number of hydrogen-bond donors (Lipinski definition) is 1. The third kappa shape index (κ3) is 4.20. The van der Waals surface area contributed by atoms with Crippen molar-refractivity contribution in [2.45, 2.75) is 37.4 Å². The molecule has 0 atom stereocenters. The van der Waals surface area contributed by atoms with E-state index in [-0.39, 0.29) is 11.7 Å². The molecule has 0 saturated heterocycles. The van der Waals surface area contributed by atoms with Gasteiger partial charge in [-0.2, -0.15) is 0 Å². The smallest absolute Gasteiger partial charge is 0.234 e. The lowest BCUT2D eigenvalue weighted by Gasteiger charge is -2.08. The van der Waals surface area contributed by atoms with Crippen LogP contribution in [0.1, 0.15) is 25.1 Å². The van der Waals surface area contributed by atoms with Gasteiger partial charge in [-0.15, -0.1) is 10.2 Å². The molecule has 3 heterocycles. The lowest BCUT2D eigenvalue weighted by Crippen LogP contribution is -2.14. The summed E-state index contributed by atoms with van der Waals surface area (Å²) in [5.74, 6) is 2.06. The van der Waals surface area contributed by atoms with Gasteiger partial charge in [0.05, 0.1) is 23.9 Å². The highest BCUT2D eigenvalue weighted by Crippen LogP contribution is 2.25. The number of nitrogens with one attached hydrogen (secondary N) is 1. The fraction of sp³-hybridized carbons (Fsp3) is 0.304. The van der Waals surface area contributed by atoms with Gasteiger partial charge >= 0.3 is 0 Å². The molecule has 2 aromatic heterocycles. The number of amides is 1. The number of aryl methyl sites for hydroxylation is 2. The topological polar surface area (TPSA) is 86.9 Å². The van der Waals surface area contributed by atoms with Crippen LogP contribution >= 0.6 is 11.8 Å². The van der Waals surface area contributed by atoms with Crippen molar-refractivity contribution in [2.75, 3.05) is 18.2 Å². The van der Waals surface area contributed by atoms with Crippen LogP contribution in [0.2, 0.25) is 0 Å². The maximum Gasteiger partial charge on any atom is 0.234 e. The number of rotatable bonds is 6. The van der Waals surface area contributed by atoms with E-state index >= 15 is 0 Å². The third-order valence-corrected chi connectivity index (χ3v) is 6.54. The van der Waals surface area contributed by atoms with E-state index < -0.39 is 0 Å². The molecule has 0 radical (unpaired) electrons. The van der Waals surface area contributed by atoms with Gasteiger partial charge in [-0.1, -0.05) is 18.2 Å². The molecule has 0 bridgehead atoms. The summed E-state index contributed by atoms with van der Waals surface area (Å²) in [6.07, 6.45) is 6.28. The Morgan fingerprint density at radius 2 is 2.03 bits per heavy atom. The number of aromatic nitrogens is 5. The number of hydrogen-bond acceptors (Lipinski definition) is 6. The van der Waals surface area contributed by atoms with Crippen molar-refractivity contribution >= 4 is 34.4 Å². The van der Waals surface area contributed by atoms with Crippen molar-refractivity contribution in [1.29, 1.82) is 0 Å². The fourth-order valence-electron chi connectivity index (χ4n) is 4.00. The molecule has 32 heavy (non-hydrogen) atoms. The number of imidazole rings is 1. The van der Waals surface area contributed by atoms with E-state index in [1.807, 2.05) is 41.0 Å². The molecule has 1 aliphatic heterocycles. The summed E-state index contributed by atoms with van der Waals surface area (Å²) >= 11 is 1.34. The van der Waals surface area contributed by atoms with Crippen molar-refractivity contribution in [1.82, 2.24) is 24.3 Å². The van der Waals surface area contributed by atoms with Crippen LogP contribution in [0, 0.1) is 0 Å². The summed E-state index contributed by atoms with van der Waals surface area (Å²) in [6, 6.07) is 13.6. The van der Waals surface area contributed by atoms with E-state index in [9.17, 15) is 4.79 Å². The van der Waals surface area contributed by atoms with Gasteiger partial charge in [-0.25, -0.2) is 4.98 Å². The number of benzene rings is 2. The van der Waals surface area contributed by atoms with Crippen LogP contribution in [0.5, 0.6) is 5.75 Å². The van der Waals surface area contributed by atoms with Crippen LogP contribution < -0.4 is 10.1 Å². The minimum Gasteiger partial charge on any atom is -0.497 e. The Hall–Kier alpha value is -3.33. The van der Waals surface area contributed by atoms with Crippen LogP contribution in [0.3, 0.4) is 0 Å². The van der Waals surface area contributed by atoms with E-state index in [4.69, 9.17) is 9.72 Å². The van der Waals surface area contributed by atoms with Crippen LogP contribution in [-0.4, -0.2) is 43.1 Å². The average Bonchev–Trinajstić information content (AvgIpc) is 3.35. The maximum absolute atomic E-state index is 12.6. The van der Waals surface area contributed by atoms with E-state index in [0.717, 1.165) is 46.9 Å². The normalized spacial score (nSPS) is 13.5. The standard InChI is InChI=1S/C23H24N6O2S/c1-31-18-9-7-17(8-10-18)29-15-24-27-23(29)32-14-22(30)25-16-6-11-20-19(13-16)26-21-5-3-2-4-12-28(20)21/h6-11,13,15H,2-5,12,14H2,1H3,(H,25,30). The second-order valence-corrected chi connectivity index (χ2v) is 8.65. The molecule has 0 aliphatic carbocycles. The lowest BCUT2D eigenvalue weighted by molar-refractivity contribution is -0.113. The molecule has 0 saturated carbocycles. The molecule has 1 amide bonds. The van der Waals surface area contributed by atoms with Gasteiger partial charge < -0.3 is 14.6 Å². The van der Waals surface area contributed by atoms with Gasteiger partial charge in [0.25, 0.3) is 0 Å². The molecule has 5 rings (SSSR count). The minimum absolute atomic E-state index is 0.0978. The molecule has 0 fully saturated rings. The van der Waals surface area contributed by atoms with Gasteiger partial charge in [0.15, 0.2) is 5.16 Å². The summed E-state index contributed by atoms with van der Waals surface area (Å²) in [4.78, 5) is 17.4. The van der Waals surface area contributed by atoms with Crippen LogP contribution in [0.25, 0.3) is 16.7 Å². The third-order valence-electron chi connectivity index (χ3n) is 5.59. The van der Waals surface area contributed by atoms with E-state index in [2.05, 4.69) is 26.1 Å². The summed E-state index contributed by atoms with van der Waals surface area (Å²) in [7, 11) is 1.63. The second-order valence-electron chi connectivity index (χ2n) is 7.71. The molecular weight excluding hydrogens is 424 g/mol. The summed E-state index contributed by atoms with van der Waals surface area (Å²) in [5, 5.41) is 11.8. The summed E-state index contributed by atoms with van der Waals surface area (Å²) in [5.41, 5.74) is 3.74. The molecular formula is C23H24N6O2S. The largest absolute Gasteiger partial charge is 0.497 e. The highest BCUT2D eigenvalue weighted by Gasteiger charge is 2.15. The highest BCUT2D eigenvalue weighted by atomic mass is 32.2. The summed E-state index contributed by atoms with van der Waals surface area (Å²) in [6.45, 7) is 1.02. The van der Waals surface area contributed by atoms with E-state index in [1.54, 1.807) is 13.4 Å². The molecule has 1 aliphatic rings. The Kier molecular flexibility index (Phi) is 5.81. The van der Waals surface area contributed by atoms with Crippen molar-refractivity contribution in [3.05, 3.63) is 54.6 Å². The SMILES string of the molecule is COc1ccc(-n2cnnc2SCC(=O)Nc2ccc3c(c2)nc2n3CCCCC2)cc1. The number of carbonyl (C=O) groups is 1. The van der Waals surface area contributed by atoms with Gasteiger partial charge in [-0.05, 0) is 55.3 Å². The Labute approximate surface area is 190 Å². The predicted octanol–water partition coefficient (Wildman–Crippen LogP) is 4.08. The number of nitrogens with zero attached hydrogens (tertiary/aromatic N) is 5. The number of thioether (sulfide) groups is 1. The van der Waals surface area contributed by atoms with Gasteiger partial charge in [0, 0.05) is 24.3 Å². The van der Waals surface area contributed by atoms with Gasteiger partial charge in [0.1, 0.15) is 17.9 Å². The molecule has 0 unspecified atom stereocenters. The maximum atomic E-state index is 12.6. The number of anilines is 1. The Morgan fingerprint density at radius 1 is 1.16 bits per heavy atom. The van der Waals surface area contributed by atoms with E-state index in [1.165, 1.54) is 31.0 Å². The number of methoxy groups -OCH3 is 1. The van der Waals surface area contributed by atoms with E-state index in [0.29, 0.717) is 5.16 Å². The lowest BCUT2D eigenvalue weighted by atomic mass is 10.2. The predicted molar refractivity (Wildman–Crippen MR) is 125 cm³/mol. The number of carbonyl (C=O) groups excluding carboxylic acids is 1. The summed E-state index contributed by atoms with van der Waals surface area (Å²) < 4.78 is 9.37. The molecule has 8 nitrogen and oxygen atoms in total. The quantitative estimate of drug-likeness (QED) is 0.447. The average molecular weight is 449 g/mol. The zero-order valence-electron chi connectivity index (χ0n) is 17.8. The second kappa shape index (κ2) is 9.04. The van der Waals surface area contributed by atoms with Crippen molar-refractivity contribution < 1.29 is 9.53 Å². The Bertz CT molecular complexity index is 1250. The molecule has 0 spiro atoms. The number of fused-ring (bicyclic) bond motifs is 3. The zero-order chi connectivity index (χ0) is 21.9. The van der Waals surface area contributed by atoms with Crippen LogP contribution in [-0.2, 0) is 17.8 Å². The molecule has 164 valence electrons. The molecule has 9 heteroatoms. The Balaban J connectivity index is 1.25. The van der Waals surface area contributed by atoms with Gasteiger partial charge in [0.2, 0.25) is 5.91 Å². The zero-order valence-corrected chi connectivity index (χ0v) is 18.6. The van der Waals surface area contributed by atoms with Crippen LogP contribution in [0.15, 0.2) is 53.9 Å². The van der Waals surface area contributed by atoms with Crippen LogP contribution in [0.4, 0.5) is 5.69 Å².